The van der Waals surface area contributed by atoms with Gasteiger partial charge in [0.1, 0.15) is 5.82 Å². The van der Waals surface area contributed by atoms with E-state index in [9.17, 15) is 4.79 Å². The number of nitrogens with one attached hydrogen (secondary N) is 1. The third-order valence-electron chi connectivity index (χ3n) is 4.29. The van der Waals surface area contributed by atoms with Gasteiger partial charge in [-0.05, 0) is 25.0 Å². The molecular weight excluding hydrogens is 316 g/mol. The molecule has 3 rings (SSSR count). The summed E-state index contributed by atoms with van der Waals surface area (Å²) in [6.07, 6.45) is 2.69. The number of carbonyl (C=O) groups is 1. The van der Waals surface area contributed by atoms with Crippen LogP contribution in [0.5, 0.6) is 0 Å². The molecule has 132 valence electrons. The summed E-state index contributed by atoms with van der Waals surface area (Å²) < 4.78 is 5.80. The van der Waals surface area contributed by atoms with Gasteiger partial charge in [-0.15, -0.1) is 0 Å². The van der Waals surface area contributed by atoms with Gasteiger partial charge in [0.05, 0.1) is 25.5 Å². The molecule has 1 aromatic heterocycles. The van der Waals surface area contributed by atoms with Gasteiger partial charge < -0.3 is 15.0 Å². The molecule has 2 heterocycles. The molecule has 2 aromatic rings. The summed E-state index contributed by atoms with van der Waals surface area (Å²) in [7, 11) is 0. The lowest BCUT2D eigenvalue weighted by Gasteiger charge is -2.17. The Morgan fingerprint density at radius 2 is 2.16 bits per heavy atom. The van der Waals surface area contributed by atoms with E-state index < -0.39 is 0 Å². The van der Waals surface area contributed by atoms with Gasteiger partial charge in [0, 0.05) is 25.2 Å². The van der Waals surface area contributed by atoms with E-state index in [4.69, 9.17) is 4.74 Å². The fourth-order valence-electron chi connectivity index (χ4n) is 2.95. The summed E-state index contributed by atoms with van der Waals surface area (Å²) in [5, 5.41) is 2.93. The minimum Gasteiger partial charge on any atom is -0.376 e. The first-order valence-electron chi connectivity index (χ1n) is 8.63. The van der Waals surface area contributed by atoms with E-state index in [0.717, 1.165) is 25.2 Å². The maximum atomic E-state index is 12.3. The monoisotopic (exact) mass is 340 g/mol. The molecule has 1 aliphatic rings. The zero-order valence-electron chi connectivity index (χ0n) is 14.5. The average Bonchev–Trinajstić information content (AvgIpc) is 3.10. The number of ether oxygens (including phenoxy) is 1. The standard InChI is InChI=1S/C19H24N4O2/c1-15-20-9-7-18(22-15)11-21-19(24)23-10-8-17(12-23)14-25-13-16-5-3-2-4-6-16/h2-7,9,17H,8,10-14H2,1H3,(H,21,24)/t17-/m1/s1. The summed E-state index contributed by atoms with van der Waals surface area (Å²) in [5.74, 6) is 1.11. The Labute approximate surface area is 148 Å². The quantitative estimate of drug-likeness (QED) is 0.877. The van der Waals surface area contributed by atoms with Crippen LogP contribution in [0.2, 0.25) is 0 Å². The van der Waals surface area contributed by atoms with Gasteiger partial charge in [-0.3, -0.25) is 0 Å². The van der Waals surface area contributed by atoms with E-state index in [1.807, 2.05) is 36.1 Å². The van der Waals surface area contributed by atoms with Crippen molar-refractivity contribution in [3.8, 4) is 0 Å². The molecule has 6 nitrogen and oxygen atoms in total. The van der Waals surface area contributed by atoms with Crippen molar-refractivity contribution in [1.82, 2.24) is 20.2 Å². The van der Waals surface area contributed by atoms with Crippen LogP contribution >= 0.6 is 0 Å². The first kappa shape index (κ1) is 17.4. The highest BCUT2D eigenvalue weighted by Gasteiger charge is 2.26. The third-order valence-corrected chi connectivity index (χ3v) is 4.29. The second kappa shape index (κ2) is 8.58. The van der Waals surface area contributed by atoms with E-state index in [0.29, 0.717) is 31.5 Å². The number of hydrogen-bond acceptors (Lipinski definition) is 4. The Balaban J connectivity index is 1.37. The van der Waals surface area contributed by atoms with E-state index in [-0.39, 0.29) is 6.03 Å². The number of rotatable bonds is 6. The minimum atomic E-state index is -0.0400. The minimum absolute atomic E-state index is 0.0400. The number of aromatic nitrogens is 2. The molecule has 1 atom stereocenters. The van der Waals surface area contributed by atoms with E-state index >= 15 is 0 Å². The fraction of sp³-hybridized carbons (Fsp3) is 0.421. The lowest BCUT2D eigenvalue weighted by molar-refractivity contribution is 0.0897. The molecule has 1 aliphatic heterocycles. The number of benzene rings is 1. The van der Waals surface area contributed by atoms with Crippen molar-refractivity contribution < 1.29 is 9.53 Å². The van der Waals surface area contributed by atoms with Crippen molar-refractivity contribution in [2.45, 2.75) is 26.5 Å². The summed E-state index contributed by atoms with van der Waals surface area (Å²) in [6.45, 7) is 5.08. The Morgan fingerprint density at radius 1 is 1.32 bits per heavy atom. The molecular formula is C19H24N4O2. The molecule has 25 heavy (non-hydrogen) atoms. The highest BCUT2D eigenvalue weighted by molar-refractivity contribution is 5.74. The van der Waals surface area contributed by atoms with Crippen molar-refractivity contribution in [1.29, 1.82) is 0 Å². The molecule has 0 saturated carbocycles. The van der Waals surface area contributed by atoms with Crippen LogP contribution in [0.25, 0.3) is 0 Å². The lowest BCUT2D eigenvalue weighted by Crippen LogP contribution is -2.38. The summed E-state index contributed by atoms with van der Waals surface area (Å²) in [4.78, 5) is 22.5. The van der Waals surface area contributed by atoms with E-state index in [1.165, 1.54) is 5.56 Å². The Morgan fingerprint density at radius 3 is 2.96 bits per heavy atom. The molecule has 1 aromatic carbocycles. The van der Waals surface area contributed by atoms with Gasteiger partial charge in [-0.2, -0.15) is 0 Å². The van der Waals surface area contributed by atoms with Crippen LogP contribution in [0, 0.1) is 12.8 Å². The van der Waals surface area contributed by atoms with Crippen molar-refractivity contribution >= 4 is 6.03 Å². The van der Waals surface area contributed by atoms with Crippen LogP contribution < -0.4 is 5.32 Å². The number of hydrogen-bond donors (Lipinski definition) is 1. The molecule has 0 bridgehead atoms. The molecule has 6 heteroatoms. The first-order chi connectivity index (χ1) is 12.2. The predicted molar refractivity (Wildman–Crippen MR) is 94.8 cm³/mol. The molecule has 0 spiro atoms. The Hall–Kier alpha value is -2.47. The average molecular weight is 340 g/mol. The van der Waals surface area contributed by atoms with Gasteiger partial charge in [0.25, 0.3) is 0 Å². The summed E-state index contributed by atoms with van der Waals surface area (Å²) in [6, 6.07) is 11.9. The van der Waals surface area contributed by atoms with Crippen LogP contribution in [-0.4, -0.2) is 40.6 Å². The summed E-state index contributed by atoms with van der Waals surface area (Å²) in [5.41, 5.74) is 2.00. The second-order valence-corrected chi connectivity index (χ2v) is 6.36. The zero-order chi connectivity index (χ0) is 17.5. The zero-order valence-corrected chi connectivity index (χ0v) is 14.5. The van der Waals surface area contributed by atoms with Crippen LogP contribution in [0.1, 0.15) is 23.5 Å². The number of likely N-dealkylation sites (tertiary alicyclic amines) is 1. The Bertz CT molecular complexity index is 693. The number of carbonyl (C=O) groups excluding carboxylic acids is 1. The second-order valence-electron chi connectivity index (χ2n) is 6.36. The predicted octanol–water partition coefficient (Wildman–Crippen LogP) is 2.53. The first-order valence-corrected chi connectivity index (χ1v) is 8.63. The smallest absolute Gasteiger partial charge is 0.317 e. The Kier molecular flexibility index (Phi) is 5.95. The van der Waals surface area contributed by atoms with Crippen molar-refractivity contribution in [2.75, 3.05) is 19.7 Å². The normalized spacial score (nSPS) is 16.8. The SMILES string of the molecule is Cc1nccc(CNC(=O)N2CC[C@@H](COCc3ccccc3)C2)n1. The number of nitrogens with zero attached hydrogens (tertiary/aromatic N) is 3. The number of aryl methyl sites for hydroxylation is 1. The molecule has 1 N–H and O–H groups in total. The van der Waals surface area contributed by atoms with Gasteiger partial charge in [-0.1, -0.05) is 30.3 Å². The lowest BCUT2D eigenvalue weighted by atomic mass is 10.1. The van der Waals surface area contributed by atoms with Gasteiger partial charge in [0.15, 0.2) is 0 Å². The topological polar surface area (TPSA) is 67.4 Å². The highest BCUT2D eigenvalue weighted by atomic mass is 16.5. The van der Waals surface area contributed by atoms with Gasteiger partial charge >= 0.3 is 6.03 Å². The summed E-state index contributed by atoms with van der Waals surface area (Å²) >= 11 is 0. The largest absolute Gasteiger partial charge is 0.376 e. The maximum Gasteiger partial charge on any atom is 0.317 e. The fourth-order valence-corrected chi connectivity index (χ4v) is 2.95. The highest BCUT2D eigenvalue weighted by Crippen LogP contribution is 2.17. The van der Waals surface area contributed by atoms with Gasteiger partial charge in [0.2, 0.25) is 0 Å². The number of amides is 2. The molecule has 0 radical (unpaired) electrons. The molecule has 1 fully saturated rings. The van der Waals surface area contributed by atoms with Crippen LogP contribution in [-0.2, 0) is 17.9 Å². The maximum absolute atomic E-state index is 12.3. The van der Waals surface area contributed by atoms with Crippen LogP contribution in [0.15, 0.2) is 42.6 Å². The van der Waals surface area contributed by atoms with E-state index in [2.05, 4.69) is 27.4 Å². The molecule has 0 aliphatic carbocycles. The van der Waals surface area contributed by atoms with Crippen LogP contribution in [0.4, 0.5) is 4.79 Å². The molecule has 1 saturated heterocycles. The molecule has 0 unspecified atom stereocenters. The van der Waals surface area contributed by atoms with Crippen molar-refractivity contribution in [2.24, 2.45) is 5.92 Å². The van der Waals surface area contributed by atoms with Crippen LogP contribution in [0.3, 0.4) is 0 Å². The van der Waals surface area contributed by atoms with Crippen molar-refractivity contribution in [3.05, 3.63) is 59.7 Å². The van der Waals surface area contributed by atoms with E-state index in [1.54, 1.807) is 6.20 Å². The van der Waals surface area contributed by atoms with Gasteiger partial charge in [-0.25, -0.2) is 14.8 Å². The third kappa shape index (κ3) is 5.26. The number of urea groups is 1. The van der Waals surface area contributed by atoms with Crippen molar-refractivity contribution in [3.63, 3.8) is 0 Å². The molecule has 2 amide bonds.